The summed E-state index contributed by atoms with van der Waals surface area (Å²) in [6.07, 6.45) is 5.16. The monoisotopic (exact) mass is 347 g/mol. The van der Waals surface area contributed by atoms with Gasteiger partial charge in [-0.3, -0.25) is 4.90 Å². The Bertz CT molecular complexity index is 778. The maximum absolute atomic E-state index is 6.25. The Balaban J connectivity index is 1.51. The number of rotatable bonds is 4. The van der Waals surface area contributed by atoms with Crippen molar-refractivity contribution in [1.82, 2.24) is 10.1 Å². The van der Waals surface area contributed by atoms with E-state index in [1.54, 1.807) is 0 Å². The lowest BCUT2D eigenvalue weighted by atomic mass is 9.77. The fourth-order valence-corrected chi connectivity index (χ4v) is 5.01. The van der Waals surface area contributed by atoms with E-state index in [2.05, 4.69) is 15.4 Å². The standard InChI is InChI=1S/C18H22ClN3O2/c1-2-23-15-13(19)4-3-12-14(15)24-21-17(12)20-16-11-5-9-22(10-6-11)18(16)7-8-18/h3-4,11,16H,2,5-10H2,1H3,(H,20,21)/t16-/m1/s1. The SMILES string of the molecule is CCOc1c(Cl)ccc2c(N[C@@H]3C4CCN(CC4)C34CC4)noc12. The third kappa shape index (κ3) is 2.01. The Hall–Kier alpha value is -1.46. The first-order valence-electron chi connectivity index (χ1n) is 8.95. The van der Waals surface area contributed by atoms with Crippen molar-refractivity contribution in [3.05, 3.63) is 17.2 Å². The molecule has 4 heterocycles. The van der Waals surface area contributed by atoms with Crippen molar-refractivity contribution in [1.29, 1.82) is 0 Å². The van der Waals surface area contributed by atoms with Gasteiger partial charge in [0.2, 0.25) is 5.58 Å². The average molecular weight is 348 g/mol. The molecule has 1 aliphatic carbocycles. The van der Waals surface area contributed by atoms with Crippen molar-refractivity contribution in [2.24, 2.45) is 5.92 Å². The van der Waals surface area contributed by atoms with E-state index in [-0.39, 0.29) is 0 Å². The molecular formula is C18H22ClN3O2. The molecule has 1 spiro atoms. The number of aromatic nitrogens is 1. The smallest absolute Gasteiger partial charge is 0.212 e. The quantitative estimate of drug-likeness (QED) is 0.908. The molecule has 3 aliphatic heterocycles. The number of hydrogen-bond acceptors (Lipinski definition) is 5. The summed E-state index contributed by atoms with van der Waals surface area (Å²) in [5.41, 5.74) is 1.000. The third-order valence-corrected chi connectivity index (χ3v) is 6.41. The zero-order chi connectivity index (χ0) is 16.3. The molecule has 1 aromatic heterocycles. The highest BCUT2D eigenvalue weighted by Crippen LogP contribution is 2.54. The van der Waals surface area contributed by atoms with E-state index >= 15 is 0 Å². The number of ether oxygens (including phenoxy) is 1. The highest BCUT2D eigenvalue weighted by atomic mass is 35.5. The van der Waals surface area contributed by atoms with Crippen LogP contribution in [0.25, 0.3) is 11.0 Å². The minimum absolute atomic E-state index is 0.363. The summed E-state index contributed by atoms with van der Waals surface area (Å²) in [6, 6.07) is 4.31. The molecule has 1 aromatic carbocycles. The molecule has 3 saturated heterocycles. The molecule has 5 nitrogen and oxygen atoms in total. The lowest BCUT2D eigenvalue weighted by Gasteiger charge is -2.52. The topological polar surface area (TPSA) is 50.5 Å². The van der Waals surface area contributed by atoms with Crippen LogP contribution in [-0.2, 0) is 0 Å². The van der Waals surface area contributed by atoms with Gasteiger partial charge in [0, 0.05) is 11.6 Å². The number of fused-ring (bicyclic) bond motifs is 3. The minimum Gasteiger partial charge on any atom is -0.488 e. The number of nitrogens with one attached hydrogen (secondary N) is 1. The highest BCUT2D eigenvalue weighted by Gasteiger charge is 2.60. The van der Waals surface area contributed by atoms with Gasteiger partial charge in [-0.05, 0) is 63.7 Å². The van der Waals surface area contributed by atoms with Crippen molar-refractivity contribution >= 4 is 28.4 Å². The molecule has 24 heavy (non-hydrogen) atoms. The maximum Gasteiger partial charge on any atom is 0.212 e. The molecule has 2 bridgehead atoms. The van der Waals surface area contributed by atoms with Crippen LogP contribution in [0, 0.1) is 5.92 Å². The van der Waals surface area contributed by atoms with Gasteiger partial charge in [-0.2, -0.15) is 0 Å². The second kappa shape index (κ2) is 5.27. The van der Waals surface area contributed by atoms with Crippen LogP contribution in [0.15, 0.2) is 16.7 Å². The molecule has 1 saturated carbocycles. The van der Waals surface area contributed by atoms with Crippen LogP contribution in [0.1, 0.15) is 32.6 Å². The molecule has 0 unspecified atom stereocenters. The van der Waals surface area contributed by atoms with Crippen LogP contribution in [0.2, 0.25) is 5.02 Å². The Kier molecular flexibility index (Phi) is 3.26. The molecule has 4 aliphatic rings. The number of anilines is 1. The van der Waals surface area contributed by atoms with Gasteiger partial charge < -0.3 is 14.6 Å². The van der Waals surface area contributed by atoms with Crippen LogP contribution in [0.4, 0.5) is 5.82 Å². The summed E-state index contributed by atoms with van der Waals surface area (Å²) < 4.78 is 11.2. The Morgan fingerprint density at radius 1 is 1.38 bits per heavy atom. The molecule has 0 radical (unpaired) electrons. The van der Waals surface area contributed by atoms with Crippen LogP contribution in [0.3, 0.4) is 0 Å². The van der Waals surface area contributed by atoms with E-state index in [1.165, 1.54) is 38.8 Å². The summed E-state index contributed by atoms with van der Waals surface area (Å²) in [4.78, 5) is 2.69. The molecule has 6 heteroatoms. The first-order valence-corrected chi connectivity index (χ1v) is 9.33. The zero-order valence-corrected chi connectivity index (χ0v) is 14.6. The van der Waals surface area contributed by atoms with Crippen molar-refractivity contribution in [2.45, 2.75) is 44.2 Å². The number of piperidine rings is 3. The normalized spacial score (nSPS) is 30.0. The number of nitrogens with zero attached hydrogens (tertiary/aromatic N) is 2. The molecule has 4 fully saturated rings. The van der Waals surface area contributed by atoms with Gasteiger partial charge in [-0.1, -0.05) is 16.8 Å². The zero-order valence-electron chi connectivity index (χ0n) is 13.8. The van der Waals surface area contributed by atoms with Gasteiger partial charge in [0.05, 0.1) is 17.0 Å². The van der Waals surface area contributed by atoms with Gasteiger partial charge in [0.1, 0.15) is 0 Å². The number of benzene rings is 1. The van der Waals surface area contributed by atoms with E-state index < -0.39 is 0 Å². The molecule has 0 amide bonds. The predicted octanol–water partition coefficient (Wildman–Crippen LogP) is 3.92. The Labute approximate surface area is 146 Å². The van der Waals surface area contributed by atoms with E-state index in [4.69, 9.17) is 20.9 Å². The summed E-state index contributed by atoms with van der Waals surface area (Å²) in [7, 11) is 0. The first kappa shape index (κ1) is 14.8. The Morgan fingerprint density at radius 2 is 2.17 bits per heavy atom. The predicted molar refractivity (Wildman–Crippen MR) is 93.9 cm³/mol. The van der Waals surface area contributed by atoms with E-state index in [1.807, 2.05) is 19.1 Å². The van der Waals surface area contributed by atoms with Gasteiger partial charge >= 0.3 is 0 Å². The first-order chi connectivity index (χ1) is 11.7. The molecular weight excluding hydrogens is 326 g/mol. The van der Waals surface area contributed by atoms with Crippen molar-refractivity contribution < 1.29 is 9.26 Å². The van der Waals surface area contributed by atoms with Crippen LogP contribution in [-0.4, -0.2) is 41.3 Å². The van der Waals surface area contributed by atoms with E-state index in [0.29, 0.717) is 34.5 Å². The van der Waals surface area contributed by atoms with E-state index in [0.717, 1.165) is 17.1 Å². The summed E-state index contributed by atoms with van der Waals surface area (Å²) in [5, 5.41) is 9.56. The summed E-state index contributed by atoms with van der Waals surface area (Å²) in [5.74, 6) is 2.16. The molecule has 2 aromatic rings. The number of hydrogen-bond donors (Lipinski definition) is 1. The van der Waals surface area contributed by atoms with Crippen LogP contribution >= 0.6 is 11.6 Å². The molecule has 6 rings (SSSR count). The fourth-order valence-electron chi connectivity index (χ4n) is 4.81. The van der Waals surface area contributed by atoms with Gasteiger partial charge in [-0.15, -0.1) is 0 Å². The second-order valence-electron chi connectivity index (χ2n) is 7.27. The minimum atomic E-state index is 0.363. The largest absolute Gasteiger partial charge is 0.488 e. The highest BCUT2D eigenvalue weighted by molar-refractivity contribution is 6.33. The maximum atomic E-state index is 6.25. The van der Waals surface area contributed by atoms with Gasteiger partial charge in [0.25, 0.3) is 0 Å². The fraction of sp³-hybridized carbons (Fsp3) is 0.611. The molecule has 128 valence electrons. The molecule has 1 N–H and O–H groups in total. The summed E-state index contributed by atoms with van der Waals surface area (Å²) >= 11 is 6.25. The lowest BCUT2D eigenvalue weighted by Crippen LogP contribution is -2.62. The van der Waals surface area contributed by atoms with E-state index in [9.17, 15) is 0 Å². The molecule has 1 atom stereocenters. The van der Waals surface area contributed by atoms with Gasteiger partial charge in [-0.25, -0.2) is 0 Å². The van der Waals surface area contributed by atoms with Crippen molar-refractivity contribution in [3.8, 4) is 5.75 Å². The summed E-state index contributed by atoms with van der Waals surface area (Å²) in [6.45, 7) is 5.00. The van der Waals surface area contributed by atoms with Crippen molar-refractivity contribution in [2.75, 3.05) is 25.0 Å². The Morgan fingerprint density at radius 3 is 2.88 bits per heavy atom. The third-order valence-electron chi connectivity index (χ3n) is 6.11. The second-order valence-corrected chi connectivity index (χ2v) is 7.67. The lowest BCUT2D eigenvalue weighted by molar-refractivity contribution is 0.0202. The van der Waals surface area contributed by atoms with Gasteiger partial charge in [0.15, 0.2) is 11.6 Å². The van der Waals surface area contributed by atoms with Crippen LogP contribution < -0.4 is 10.1 Å². The number of halogens is 1. The van der Waals surface area contributed by atoms with Crippen molar-refractivity contribution in [3.63, 3.8) is 0 Å². The average Bonchev–Trinajstić information content (AvgIpc) is 3.28. The van der Waals surface area contributed by atoms with Crippen LogP contribution in [0.5, 0.6) is 5.75 Å².